The van der Waals surface area contributed by atoms with Gasteiger partial charge in [0.25, 0.3) is 0 Å². The summed E-state index contributed by atoms with van der Waals surface area (Å²) in [5, 5.41) is 3.32. The standard InChI is InChI=1S/C14H22N2O/c1-10-6-14(17-4)11(2)5-13(10)16(3)9-12-7-15-8-12/h5-6,12,15H,7-9H2,1-4H3. The van der Waals surface area contributed by atoms with E-state index in [1.165, 1.54) is 16.8 Å². The summed E-state index contributed by atoms with van der Waals surface area (Å²) in [7, 11) is 3.90. The van der Waals surface area contributed by atoms with Gasteiger partial charge in [0, 0.05) is 38.3 Å². The lowest BCUT2D eigenvalue weighted by Crippen LogP contribution is -2.47. The number of ether oxygens (including phenoxy) is 1. The molecule has 1 aromatic rings. The van der Waals surface area contributed by atoms with Gasteiger partial charge in [-0.1, -0.05) is 0 Å². The maximum atomic E-state index is 5.35. The summed E-state index contributed by atoms with van der Waals surface area (Å²) in [5.74, 6) is 1.77. The van der Waals surface area contributed by atoms with Gasteiger partial charge in [0.1, 0.15) is 5.75 Å². The number of hydrogen-bond donors (Lipinski definition) is 1. The Kier molecular flexibility index (Phi) is 3.57. The normalized spacial score (nSPS) is 15.5. The van der Waals surface area contributed by atoms with Gasteiger partial charge in [-0.3, -0.25) is 0 Å². The van der Waals surface area contributed by atoms with Crippen molar-refractivity contribution in [1.82, 2.24) is 5.32 Å². The molecule has 2 rings (SSSR count). The highest BCUT2D eigenvalue weighted by atomic mass is 16.5. The Bertz CT molecular complexity index is 399. The average molecular weight is 234 g/mol. The lowest BCUT2D eigenvalue weighted by molar-refractivity contribution is 0.352. The summed E-state index contributed by atoms with van der Waals surface area (Å²) in [5.41, 5.74) is 3.80. The molecule has 0 radical (unpaired) electrons. The molecule has 0 unspecified atom stereocenters. The quantitative estimate of drug-likeness (QED) is 0.862. The van der Waals surface area contributed by atoms with Gasteiger partial charge in [-0.05, 0) is 37.1 Å². The van der Waals surface area contributed by atoms with Crippen molar-refractivity contribution >= 4 is 5.69 Å². The third-order valence-electron chi connectivity index (χ3n) is 3.52. The first-order valence-corrected chi connectivity index (χ1v) is 6.19. The Balaban J connectivity index is 2.16. The molecule has 0 aliphatic carbocycles. The highest BCUT2D eigenvalue weighted by Gasteiger charge is 2.19. The third-order valence-corrected chi connectivity index (χ3v) is 3.52. The Hall–Kier alpha value is -1.22. The fraction of sp³-hybridized carbons (Fsp3) is 0.571. The van der Waals surface area contributed by atoms with Crippen LogP contribution in [0.3, 0.4) is 0 Å². The van der Waals surface area contributed by atoms with E-state index in [4.69, 9.17) is 4.74 Å². The molecule has 0 amide bonds. The van der Waals surface area contributed by atoms with Gasteiger partial charge >= 0.3 is 0 Å². The summed E-state index contributed by atoms with van der Waals surface area (Å²) in [6.45, 7) is 7.67. The van der Waals surface area contributed by atoms with Crippen LogP contribution in [0.1, 0.15) is 11.1 Å². The molecular weight excluding hydrogens is 212 g/mol. The van der Waals surface area contributed by atoms with Crippen LogP contribution in [0.4, 0.5) is 5.69 Å². The average Bonchev–Trinajstić information content (AvgIpc) is 2.25. The zero-order chi connectivity index (χ0) is 12.4. The number of anilines is 1. The maximum Gasteiger partial charge on any atom is 0.122 e. The van der Waals surface area contributed by atoms with Crippen molar-refractivity contribution in [3.8, 4) is 5.75 Å². The highest BCUT2D eigenvalue weighted by Crippen LogP contribution is 2.28. The molecule has 94 valence electrons. The van der Waals surface area contributed by atoms with Crippen LogP contribution >= 0.6 is 0 Å². The fourth-order valence-electron chi connectivity index (χ4n) is 2.37. The second-order valence-corrected chi connectivity index (χ2v) is 5.01. The molecule has 0 saturated carbocycles. The lowest BCUT2D eigenvalue weighted by atomic mass is 10.0. The van der Waals surface area contributed by atoms with E-state index in [9.17, 15) is 0 Å². The highest BCUT2D eigenvalue weighted by molar-refractivity contribution is 5.58. The predicted molar refractivity (Wildman–Crippen MR) is 72.1 cm³/mol. The van der Waals surface area contributed by atoms with Crippen molar-refractivity contribution in [3.05, 3.63) is 23.3 Å². The van der Waals surface area contributed by atoms with Crippen molar-refractivity contribution < 1.29 is 4.74 Å². The van der Waals surface area contributed by atoms with E-state index in [0.717, 1.165) is 31.3 Å². The smallest absolute Gasteiger partial charge is 0.122 e. The number of benzene rings is 1. The van der Waals surface area contributed by atoms with Crippen LogP contribution in [-0.4, -0.2) is 33.8 Å². The minimum absolute atomic E-state index is 0.793. The molecule has 1 fully saturated rings. The lowest BCUT2D eigenvalue weighted by Gasteiger charge is -2.33. The second kappa shape index (κ2) is 4.96. The van der Waals surface area contributed by atoms with Crippen molar-refractivity contribution in [1.29, 1.82) is 0 Å². The monoisotopic (exact) mass is 234 g/mol. The Morgan fingerprint density at radius 3 is 2.53 bits per heavy atom. The molecule has 17 heavy (non-hydrogen) atoms. The molecule has 1 N–H and O–H groups in total. The van der Waals surface area contributed by atoms with E-state index < -0.39 is 0 Å². The minimum atomic E-state index is 0.793. The maximum absolute atomic E-state index is 5.35. The van der Waals surface area contributed by atoms with Crippen LogP contribution in [0, 0.1) is 19.8 Å². The summed E-state index contributed by atoms with van der Waals surface area (Å²) >= 11 is 0. The molecule has 0 atom stereocenters. The zero-order valence-electron chi connectivity index (χ0n) is 11.2. The number of hydrogen-bond acceptors (Lipinski definition) is 3. The number of nitrogens with one attached hydrogen (secondary N) is 1. The van der Waals surface area contributed by atoms with E-state index in [1.54, 1.807) is 7.11 Å². The van der Waals surface area contributed by atoms with Crippen LogP contribution in [0.2, 0.25) is 0 Å². The molecule has 3 heteroatoms. The molecule has 1 heterocycles. The summed E-state index contributed by atoms with van der Waals surface area (Å²) in [6, 6.07) is 4.35. The van der Waals surface area contributed by atoms with Crippen LogP contribution in [0.15, 0.2) is 12.1 Å². The van der Waals surface area contributed by atoms with Crippen molar-refractivity contribution in [2.45, 2.75) is 13.8 Å². The Labute approximate surface area is 104 Å². The molecule has 1 aliphatic heterocycles. The zero-order valence-corrected chi connectivity index (χ0v) is 11.2. The van der Waals surface area contributed by atoms with Gasteiger partial charge in [-0.25, -0.2) is 0 Å². The molecule has 1 aromatic carbocycles. The van der Waals surface area contributed by atoms with E-state index in [1.807, 2.05) is 0 Å². The summed E-state index contributed by atoms with van der Waals surface area (Å²) < 4.78 is 5.35. The van der Waals surface area contributed by atoms with Crippen LogP contribution < -0.4 is 15.0 Å². The van der Waals surface area contributed by atoms with E-state index in [-0.39, 0.29) is 0 Å². The number of nitrogens with zero attached hydrogens (tertiary/aromatic N) is 1. The van der Waals surface area contributed by atoms with Crippen LogP contribution in [0.5, 0.6) is 5.75 Å². The van der Waals surface area contributed by atoms with Gasteiger partial charge in [-0.2, -0.15) is 0 Å². The fourth-order valence-corrected chi connectivity index (χ4v) is 2.37. The molecule has 1 saturated heterocycles. The van der Waals surface area contributed by atoms with Gasteiger partial charge in [0.2, 0.25) is 0 Å². The van der Waals surface area contributed by atoms with Crippen molar-refractivity contribution in [2.75, 3.05) is 38.7 Å². The molecule has 0 bridgehead atoms. The first-order valence-electron chi connectivity index (χ1n) is 6.19. The summed E-state index contributed by atoms with van der Waals surface area (Å²) in [4.78, 5) is 2.35. The van der Waals surface area contributed by atoms with Crippen molar-refractivity contribution in [3.63, 3.8) is 0 Å². The molecular formula is C14H22N2O. The number of methoxy groups -OCH3 is 1. The van der Waals surface area contributed by atoms with Gasteiger partial charge < -0.3 is 15.0 Å². The SMILES string of the molecule is COc1cc(C)c(N(C)CC2CNC2)cc1C. The number of aryl methyl sites for hydroxylation is 2. The van der Waals surface area contributed by atoms with Crippen LogP contribution in [-0.2, 0) is 0 Å². The molecule has 3 nitrogen and oxygen atoms in total. The number of rotatable bonds is 4. The molecule has 0 aromatic heterocycles. The molecule has 0 spiro atoms. The predicted octanol–water partition coefficient (Wildman–Crippen LogP) is 1.97. The van der Waals surface area contributed by atoms with Gasteiger partial charge in [-0.15, -0.1) is 0 Å². The first-order chi connectivity index (χ1) is 8.11. The van der Waals surface area contributed by atoms with Gasteiger partial charge in [0.15, 0.2) is 0 Å². The van der Waals surface area contributed by atoms with Gasteiger partial charge in [0.05, 0.1) is 7.11 Å². The minimum Gasteiger partial charge on any atom is -0.496 e. The van der Waals surface area contributed by atoms with Crippen LogP contribution in [0.25, 0.3) is 0 Å². The largest absolute Gasteiger partial charge is 0.496 e. The second-order valence-electron chi connectivity index (χ2n) is 5.01. The van der Waals surface area contributed by atoms with Crippen molar-refractivity contribution in [2.24, 2.45) is 5.92 Å². The first kappa shape index (κ1) is 12.2. The van der Waals surface area contributed by atoms with E-state index in [2.05, 4.69) is 43.2 Å². The Morgan fingerprint density at radius 1 is 1.29 bits per heavy atom. The van der Waals surface area contributed by atoms with E-state index in [0.29, 0.717) is 0 Å². The summed E-state index contributed by atoms with van der Waals surface area (Å²) in [6.07, 6.45) is 0. The third kappa shape index (κ3) is 2.55. The topological polar surface area (TPSA) is 24.5 Å². The molecule has 1 aliphatic rings. The van der Waals surface area contributed by atoms with E-state index >= 15 is 0 Å². The Morgan fingerprint density at radius 2 is 2.00 bits per heavy atom.